The number of hydrogen-bond acceptors (Lipinski definition) is 3. The van der Waals surface area contributed by atoms with Crippen molar-refractivity contribution in [2.75, 3.05) is 19.7 Å². The number of ether oxygens (including phenoxy) is 1. The molecule has 3 N–H and O–H groups in total. The predicted octanol–water partition coefficient (Wildman–Crippen LogP) is 5.45. The highest BCUT2D eigenvalue weighted by Crippen LogP contribution is 2.23. The normalized spacial score (nSPS) is 14.3. The Hall–Kier alpha value is -1.16. The lowest BCUT2D eigenvalue weighted by molar-refractivity contribution is 0.0658. The summed E-state index contributed by atoms with van der Waals surface area (Å²) in [4.78, 5) is 0. The first-order chi connectivity index (χ1) is 13.2. The number of nitrogens with one attached hydrogen (secondary N) is 1. The summed E-state index contributed by atoms with van der Waals surface area (Å²) in [5.74, 6) is 1.12. The van der Waals surface area contributed by atoms with E-state index in [0.29, 0.717) is 25.0 Å². The average Bonchev–Trinajstić information content (AvgIpc) is 2.64. The molecule has 28 heavy (non-hydrogen) atoms. The zero-order valence-corrected chi connectivity index (χ0v) is 19.2. The van der Waals surface area contributed by atoms with Gasteiger partial charge in [0.15, 0.2) is 0 Å². The lowest BCUT2D eigenvalue weighted by Gasteiger charge is -2.29. The third-order valence-corrected chi connectivity index (χ3v) is 5.52. The van der Waals surface area contributed by atoms with Crippen molar-refractivity contribution in [2.24, 2.45) is 11.7 Å². The Morgan fingerprint density at radius 2 is 1.82 bits per heavy atom. The van der Waals surface area contributed by atoms with Crippen molar-refractivity contribution in [2.45, 2.75) is 84.8 Å². The van der Waals surface area contributed by atoms with Gasteiger partial charge in [0.05, 0.1) is 12.7 Å². The molecule has 0 bridgehead atoms. The number of rotatable bonds is 14. The van der Waals surface area contributed by atoms with Crippen LogP contribution in [0.3, 0.4) is 0 Å². The van der Waals surface area contributed by atoms with E-state index in [9.17, 15) is 0 Å². The molecule has 0 aliphatic carbocycles. The predicted molar refractivity (Wildman–Crippen MR) is 123 cm³/mol. The zero-order chi connectivity index (χ0) is 21.2. The summed E-state index contributed by atoms with van der Waals surface area (Å²) in [6.07, 6.45) is 4.48. The Labute approximate surface area is 174 Å². The third kappa shape index (κ3) is 8.89. The fraction of sp³-hybridized carbons (Fsp3) is 0.680. The van der Waals surface area contributed by atoms with E-state index in [1.807, 2.05) is 0 Å². The molecule has 0 spiro atoms. The number of hydrogen-bond donors (Lipinski definition) is 2. The summed E-state index contributed by atoms with van der Waals surface area (Å²) in [7, 11) is 0. The van der Waals surface area contributed by atoms with Crippen LogP contribution in [0.2, 0.25) is 0 Å². The van der Waals surface area contributed by atoms with Gasteiger partial charge in [0.1, 0.15) is 0 Å². The summed E-state index contributed by atoms with van der Waals surface area (Å²) in [6, 6.07) is 8.94. The van der Waals surface area contributed by atoms with Crippen LogP contribution in [-0.4, -0.2) is 31.3 Å². The molecular formula is C25H44N2O. The van der Waals surface area contributed by atoms with Crippen LogP contribution in [0.1, 0.15) is 77.8 Å². The van der Waals surface area contributed by atoms with Crippen molar-refractivity contribution >= 4 is 0 Å². The summed E-state index contributed by atoms with van der Waals surface area (Å²) in [5.41, 5.74) is 9.88. The van der Waals surface area contributed by atoms with Gasteiger partial charge in [0.25, 0.3) is 0 Å². The topological polar surface area (TPSA) is 47.3 Å². The van der Waals surface area contributed by atoms with Gasteiger partial charge in [-0.05, 0) is 69.5 Å². The first-order valence-corrected chi connectivity index (χ1v) is 11.0. The first-order valence-electron chi connectivity index (χ1n) is 11.0. The van der Waals surface area contributed by atoms with E-state index in [0.717, 1.165) is 32.2 Å². The van der Waals surface area contributed by atoms with Gasteiger partial charge < -0.3 is 15.8 Å². The minimum Gasteiger partial charge on any atom is -0.377 e. The highest BCUT2D eigenvalue weighted by Gasteiger charge is 2.19. The lowest BCUT2D eigenvalue weighted by atomic mass is 9.89. The van der Waals surface area contributed by atoms with Crippen molar-refractivity contribution in [1.29, 1.82) is 0 Å². The van der Waals surface area contributed by atoms with Crippen LogP contribution in [-0.2, 0) is 11.2 Å². The molecule has 1 aromatic carbocycles. The smallest absolute Gasteiger partial charge is 0.0595 e. The van der Waals surface area contributed by atoms with E-state index in [-0.39, 0.29) is 11.6 Å². The monoisotopic (exact) mass is 388 g/mol. The summed E-state index contributed by atoms with van der Waals surface area (Å²) < 4.78 is 6.02. The van der Waals surface area contributed by atoms with Crippen LogP contribution >= 0.6 is 0 Å². The Bertz CT molecular complexity index is 562. The second kappa shape index (κ2) is 12.4. The SMILES string of the molecule is C=C(CCC)C(C)(C)NCCOC(C)Cc1ccc(C(CN)CC(C)C)cc1. The minimum absolute atomic E-state index is 0.0338. The zero-order valence-electron chi connectivity index (χ0n) is 19.2. The quantitative estimate of drug-likeness (QED) is 0.329. The van der Waals surface area contributed by atoms with E-state index >= 15 is 0 Å². The standard InChI is InChI=1S/C25H44N2O/c1-8-9-20(4)25(6,7)27-14-15-28-21(5)17-22-10-12-23(13-11-22)24(18-26)16-19(2)3/h10-13,19,21,24,27H,4,8-9,14-18,26H2,1-3,5-7H3. The van der Waals surface area contributed by atoms with E-state index in [2.05, 4.69) is 77.7 Å². The molecule has 0 saturated carbocycles. The van der Waals surface area contributed by atoms with Crippen LogP contribution in [0.5, 0.6) is 0 Å². The van der Waals surface area contributed by atoms with Crippen molar-refractivity contribution in [3.8, 4) is 0 Å². The molecule has 0 radical (unpaired) electrons. The average molecular weight is 389 g/mol. The van der Waals surface area contributed by atoms with Crippen LogP contribution < -0.4 is 11.1 Å². The second-order valence-electron chi connectivity index (χ2n) is 9.09. The Balaban J connectivity index is 2.41. The van der Waals surface area contributed by atoms with Gasteiger partial charge in [0, 0.05) is 12.1 Å². The molecule has 0 aliphatic rings. The molecule has 0 heterocycles. The van der Waals surface area contributed by atoms with Gasteiger partial charge in [-0.15, -0.1) is 0 Å². The maximum absolute atomic E-state index is 6.02. The lowest BCUT2D eigenvalue weighted by Crippen LogP contribution is -2.42. The van der Waals surface area contributed by atoms with E-state index in [1.165, 1.54) is 16.7 Å². The molecule has 0 amide bonds. The highest BCUT2D eigenvalue weighted by molar-refractivity contribution is 5.26. The molecule has 1 aromatic rings. The van der Waals surface area contributed by atoms with Gasteiger partial charge >= 0.3 is 0 Å². The van der Waals surface area contributed by atoms with E-state index in [1.54, 1.807) is 0 Å². The highest BCUT2D eigenvalue weighted by atomic mass is 16.5. The summed E-state index contributed by atoms with van der Waals surface area (Å²) in [5, 5.41) is 3.57. The molecule has 1 rings (SSSR count). The van der Waals surface area contributed by atoms with Crippen molar-refractivity contribution in [1.82, 2.24) is 5.32 Å². The van der Waals surface area contributed by atoms with Gasteiger partial charge in [-0.25, -0.2) is 0 Å². The van der Waals surface area contributed by atoms with Crippen LogP contribution in [0.15, 0.2) is 36.4 Å². The van der Waals surface area contributed by atoms with Gasteiger partial charge in [-0.3, -0.25) is 0 Å². The molecule has 160 valence electrons. The number of benzene rings is 1. The summed E-state index contributed by atoms with van der Waals surface area (Å²) in [6.45, 7) is 19.7. The fourth-order valence-electron chi connectivity index (χ4n) is 3.62. The Morgan fingerprint density at radius 1 is 1.18 bits per heavy atom. The van der Waals surface area contributed by atoms with E-state index in [4.69, 9.17) is 10.5 Å². The first kappa shape index (κ1) is 24.9. The maximum atomic E-state index is 6.02. The van der Waals surface area contributed by atoms with Crippen LogP contribution in [0.25, 0.3) is 0 Å². The molecule has 0 aromatic heterocycles. The molecule has 3 heteroatoms. The molecule has 2 atom stereocenters. The molecule has 0 aliphatic heterocycles. The Kier molecular flexibility index (Phi) is 11.0. The molecule has 2 unspecified atom stereocenters. The van der Waals surface area contributed by atoms with Crippen molar-refractivity contribution < 1.29 is 4.74 Å². The fourth-order valence-corrected chi connectivity index (χ4v) is 3.62. The van der Waals surface area contributed by atoms with Gasteiger partial charge in [-0.2, -0.15) is 0 Å². The van der Waals surface area contributed by atoms with E-state index < -0.39 is 0 Å². The molecular weight excluding hydrogens is 344 g/mol. The molecule has 3 nitrogen and oxygen atoms in total. The largest absolute Gasteiger partial charge is 0.377 e. The van der Waals surface area contributed by atoms with Crippen molar-refractivity contribution in [3.63, 3.8) is 0 Å². The third-order valence-electron chi connectivity index (χ3n) is 5.52. The summed E-state index contributed by atoms with van der Waals surface area (Å²) >= 11 is 0. The maximum Gasteiger partial charge on any atom is 0.0595 e. The Morgan fingerprint density at radius 3 is 2.36 bits per heavy atom. The van der Waals surface area contributed by atoms with Crippen molar-refractivity contribution in [3.05, 3.63) is 47.5 Å². The minimum atomic E-state index is -0.0338. The second-order valence-corrected chi connectivity index (χ2v) is 9.09. The number of nitrogens with two attached hydrogens (primary N) is 1. The van der Waals surface area contributed by atoms with Crippen LogP contribution in [0.4, 0.5) is 0 Å². The van der Waals surface area contributed by atoms with Crippen LogP contribution in [0, 0.1) is 5.92 Å². The molecule has 0 saturated heterocycles. The van der Waals surface area contributed by atoms with Gasteiger partial charge in [-0.1, -0.05) is 63.6 Å². The van der Waals surface area contributed by atoms with Gasteiger partial charge in [0.2, 0.25) is 0 Å². The molecule has 0 fully saturated rings.